The van der Waals surface area contributed by atoms with Crippen molar-refractivity contribution in [3.63, 3.8) is 0 Å². The number of hydrogen-bond donors (Lipinski definition) is 2. The Bertz CT molecular complexity index is 739. The number of alkyl carbamates (subject to hydrolysis) is 1. The van der Waals surface area contributed by atoms with E-state index in [1.807, 2.05) is 30.5 Å². The van der Waals surface area contributed by atoms with Gasteiger partial charge in [0, 0.05) is 11.9 Å². The van der Waals surface area contributed by atoms with E-state index in [0.29, 0.717) is 5.17 Å². The smallest absolute Gasteiger partial charge is 0.411 e. The van der Waals surface area contributed by atoms with E-state index in [1.165, 1.54) is 18.0 Å². The van der Waals surface area contributed by atoms with Crippen molar-refractivity contribution in [1.82, 2.24) is 5.32 Å². The van der Waals surface area contributed by atoms with E-state index in [4.69, 9.17) is 14.2 Å². The van der Waals surface area contributed by atoms with E-state index < -0.39 is 17.7 Å². The normalized spacial score (nSPS) is 12.2. The highest BCUT2D eigenvalue weighted by molar-refractivity contribution is 8.13. The number of carbonyl (C=O) groups is 2. The van der Waals surface area contributed by atoms with Crippen LogP contribution in [0.5, 0.6) is 5.75 Å². The first-order valence-corrected chi connectivity index (χ1v) is 10.3. The van der Waals surface area contributed by atoms with Crippen LogP contribution in [0.15, 0.2) is 41.0 Å². The number of hydrogen-bond acceptors (Lipinski definition) is 7. The van der Waals surface area contributed by atoms with Crippen LogP contribution in [0.4, 0.5) is 10.5 Å². The summed E-state index contributed by atoms with van der Waals surface area (Å²) in [6, 6.07) is 7.37. The molecule has 2 N–H and O–H groups in total. The molecule has 0 aliphatic heterocycles. The third kappa shape index (κ3) is 9.89. The van der Waals surface area contributed by atoms with Crippen LogP contribution >= 0.6 is 11.8 Å². The zero-order valence-corrected chi connectivity index (χ0v) is 18.5. The lowest BCUT2D eigenvalue weighted by Gasteiger charge is -2.19. The quantitative estimate of drug-likeness (QED) is 0.298. The third-order valence-corrected chi connectivity index (χ3v) is 3.85. The Labute approximate surface area is 176 Å². The lowest BCUT2D eigenvalue weighted by atomic mass is 10.2. The number of methoxy groups -OCH3 is 1. The zero-order valence-electron chi connectivity index (χ0n) is 17.7. The van der Waals surface area contributed by atoms with Crippen molar-refractivity contribution in [1.29, 1.82) is 0 Å². The molecule has 0 saturated heterocycles. The number of esters is 1. The Hall–Kier alpha value is -2.68. The zero-order chi connectivity index (χ0) is 21.9. The summed E-state index contributed by atoms with van der Waals surface area (Å²) < 4.78 is 15.3. The number of rotatable bonds is 7. The average molecular weight is 424 g/mol. The maximum Gasteiger partial charge on any atom is 0.411 e. The van der Waals surface area contributed by atoms with Gasteiger partial charge in [0.1, 0.15) is 11.4 Å². The van der Waals surface area contributed by atoms with Gasteiger partial charge in [0.15, 0.2) is 5.17 Å². The fraction of sp³-hybridized carbons (Fsp3) is 0.450. The number of anilines is 1. The second-order valence-corrected chi connectivity index (χ2v) is 7.51. The fourth-order valence-corrected chi connectivity index (χ4v) is 2.37. The van der Waals surface area contributed by atoms with Gasteiger partial charge >= 0.3 is 12.1 Å². The molecule has 0 spiro atoms. The monoisotopic (exact) mass is 423 g/mol. The van der Waals surface area contributed by atoms with Crippen molar-refractivity contribution in [2.45, 2.75) is 33.3 Å². The van der Waals surface area contributed by atoms with Crippen LogP contribution in [0.3, 0.4) is 0 Å². The molecule has 0 aromatic heterocycles. The van der Waals surface area contributed by atoms with Gasteiger partial charge in [-0.1, -0.05) is 11.8 Å². The summed E-state index contributed by atoms with van der Waals surface area (Å²) in [4.78, 5) is 28.4. The lowest BCUT2D eigenvalue weighted by Crippen LogP contribution is -2.30. The largest absolute Gasteiger partial charge is 0.497 e. The minimum Gasteiger partial charge on any atom is -0.497 e. The SMILES string of the molecule is CCOC(=O)/C(=C\NC(=O)OC(C)(C)C)CN=C(Nc1ccc(OC)cc1)SC. The van der Waals surface area contributed by atoms with E-state index in [-0.39, 0.29) is 18.7 Å². The van der Waals surface area contributed by atoms with E-state index in [9.17, 15) is 9.59 Å². The molecule has 0 radical (unpaired) electrons. The Morgan fingerprint density at radius 2 is 1.86 bits per heavy atom. The molecule has 8 nitrogen and oxygen atoms in total. The minimum atomic E-state index is -0.662. The molecule has 0 bridgehead atoms. The maximum absolute atomic E-state index is 12.2. The predicted molar refractivity (Wildman–Crippen MR) is 117 cm³/mol. The molecule has 29 heavy (non-hydrogen) atoms. The molecule has 1 aromatic carbocycles. The first-order chi connectivity index (χ1) is 13.7. The molecule has 160 valence electrons. The summed E-state index contributed by atoms with van der Waals surface area (Å²) in [5.41, 5.74) is 0.377. The van der Waals surface area contributed by atoms with Gasteiger partial charge in [-0.3, -0.25) is 10.3 Å². The van der Waals surface area contributed by atoms with Crippen molar-refractivity contribution in [2.24, 2.45) is 4.99 Å². The number of nitrogens with one attached hydrogen (secondary N) is 2. The first kappa shape index (κ1) is 24.4. The van der Waals surface area contributed by atoms with Crippen molar-refractivity contribution < 1.29 is 23.8 Å². The molecule has 0 aliphatic carbocycles. The minimum absolute atomic E-state index is 0.0218. The predicted octanol–water partition coefficient (Wildman–Crippen LogP) is 3.80. The number of ether oxygens (including phenoxy) is 3. The first-order valence-electron chi connectivity index (χ1n) is 9.03. The van der Waals surface area contributed by atoms with E-state index in [2.05, 4.69) is 15.6 Å². The van der Waals surface area contributed by atoms with Crippen LogP contribution in [0.2, 0.25) is 0 Å². The number of amides is 1. The van der Waals surface area contributed by atoms with Gasteiger partial charge in [-0.2, -0.15) is 0 Å². The number of aliphatic imine (C=N–C) groups is 1. The van der Waals surface area contributed by atoms with Crippen molar-refractivity contribution in [3.05, 3.63) is 36.0 Å². The maximum atomic E-state index is 12.2. The summed E-state index contributed by atoms with van der Waals surface area (Å²) in [5, 5.41) is 6.22. The summed E-state index contributed by atoms with van der Waals surface area (Å²) in [7, 11) is 1.60. The molecule has 1 rings (SSSR count). The fourth-order valence-electron chi connectivity index (χ4n) is 1.96. The number of carbonyl (C=O) groups excluding carboxylic acids is 2. The van der Waals surface area contributed by atoms with Gasteiger partial charge in [-0.25, -0.2) is 9.59 Å². The van der Waals surface area contributed by atoms with Crippen LogP contribution in [-0.4, -0.2) is 49.3 Å². The van der Waals surface area contributed by atoms with Gasteiger partial charge in [0.25, 0.3) is 0 Å². The lowest BCUT2D eigenvalue weighted by molar-refractivity contribution is -0.138. The molecule has 0 heterocycles. The highest BCUT2D eigenvalue weighted by atomic mass is 32.2. The molecule has 0 atom stereocenters. The molecular formula is C20H29N3O5S. The third-order valence-electron chi connectivity index (χ3n) is 3.23. The van der Waals surface area contributed by atoms with Crippen LogP contribution in [0, 0.1) is 0 Å². The van der Waals surface area contributed by atoms with E-state index >= 15 is 0 Å². The number of amidine groups is 1. The van der Waals surface area contributed by atoms with Crippen LogP contribution in [0.25, 0.3) is 0 Å². The standard InChI is InChI=1S/C20H29N3O5S/c1-7-27-17(24)14(13-22-19(25)28-20(2,3)4)12-21-18(29-6)23-15-8-10-16(26-5)11-9-15/h8-11,13H,7,12H2,1-6H3,(H,21,23)(H,22,25)/b14-13-. The van der Waals surface area contributed by atoms with Gasteiger partial charge in [-0.15, -0.1) is 0 Å². The molecule has 0 aliphatic rings. The molecule has 1 amide bonds. The number of benzene rings is 1. The summed E-state index contributed by atoms with van der Waals surface area (Å²) in [6.07, 6.45) is 2.47. The van der Waals surface area contributed by atoms with Crippen molar-refractivity contribution in [2.75, 3.05) is 31.8 Å². The van der Waals surface area contributed by atoms with E-state index in [0.717, 1.165) is 11.4 Å². The Kier molecular flexibility index (Phi) is 10.1. The summed E-state index contributed by atoms with van der Waals surface area (Å²) >= 11 is 1.39. The second kappa shape index (κ2) is 12.0. The van der Waals surface area contributed by atoms with Gasteiger partial charge in [0.2, 0.25) is 0 Å². The van der Waals surface area contributed by atoms with Gasteiger partial charge in [-0.05, 0) is 58.2 Å². The van der Waals surface area contributed by atoms with Gasteiger partial charge in [0.05, 0.1) is 25.8 Å². The Morgan fingerprint density at radius 1 is 1.21 bits per heavy atom. The highest BCUT2D eigenvalue weighted by Crippen LogP contribution is 2.16. The van der Waals surface area contributed by atoms with Crippen LogP contribution in [0.1, 0.15) is 27.7 Å². The average Bonchev–Trinajstić information content (AvgIpc) is 2.66. The van der Waals surface area contributed by atoms with Crippen LogP contribution < -0.4 is 15.4 Å². The topological polar surface area (TPSA) is 98.2 Å². The molecule has 0 unspecified atom stereocenters. The van der Waals surface area contributed by atoms with Crippen LogP contribution in [-0.2, 0) is 14.3 Å². The molecule has 0 saturated carbocycles. The van der Waals surface area contributed by atoms with Crippen molar-refractivity contribution >= 4 is 34.7 Å². The Morgan fingerprint density at radius 3 is 2.38 bits per heavy atom. The van der Waals surface area contributed by atoms with E-state index in [1.54, 1.807) is 34.8 Å². The number of nitrogens with zero attached hydrogens (tertiary/aromatic N) is 1. The van der Waals surface area contributed by atoms with Crippen molar-refractivity contribution in [3.8, 4) is 5.75 Å². The Balaban J connectivity index is 2.87. The second-order valence-electron chi connectivity index (χ2n) is 6.72. The number of thioether (sulfide) groups is 1. The molecule has 9 heteroatoms. The molecule has 1 aromatic rings. The molecule has 0 fully saturated rings. The summed E-state index contributed by atoms with van der Waals surface area (Å²) in [5.74, 6) is 0.191. The molecular weight excluding hydrogens is 394 g/mol. The highest BCUT2D eigenvalue weighted by Gasteiger charge is 2.17. The van der Waals surface area contributed by atoms with Gasteiger partial charge < -0.3 is 19.5 Å². The summed E-state index contributed by atoms with van der Waals surface area (Å²) in [6.45, 7) is 7.20.